The number of nitrogens with one attached hydrogen (secondary N) is 2. The average Bonchev–Trinajstić information content (AvgIpc) is 1.66. The number of amides is 2. The van der Waals surface area contributed by atoms with Gasteiger partial charge < -0.3 is 107 Å². The van der Waals surface area contributed by atoms with Gasteiger partial charge in [0.15, 0.2) is 0 Å². The van der Waals surface area contributed by atoms with Crippen molar-refractivity contribution >= 4 is 23.8 Å². The second-order valence-corrected chi connectivity index (χ2v) is 44.5. The molecule has 16 rings (SSSR count). The van der Waals surface area contributed by atoms with Crippen LogP contribution in [0.4, 0.5) is 0 Å². The maximum atomic E-state index is 12.9. The largest absolute Gasteiger partial charge is 0.459 e. The molecule has 4 fully saturated rings. The molecule has 0 aliphatic carbocycles. The van der Waals surface area contributed by atoms with Gasteiger partial charge in [-0.15, -0.1) is 0 Å². The number of fused-ring (bicyclic) bond motifs is 12. The van der Waals surface area contributed by atoms with Crippen LogP contribution < -0.4 is 10.6 Å². The number of aliphatic hydroxyl groups excluding tert-OH is 4. The number of rotatable bonds is 14. The van der Waals surface area contributed by atoms with E-state index >= 15 is 0 Å². The van der Waals surface area contributed by atoms with Crippen molar-refractivity contribution < 1.29 is 115 Å². The van der Waals surface area contributed by atoms with Crippen molar-refractivity contribution in [2.24, 2.45) is 23.7 Å². The highest BCUT2D eigenvalue weighted by Gasteiger charge is 2.51. The summed E-state index contributed by atoms with van der Waals surface area (Å²) in [6.45, 7) is 36.7. The number of epoxide rings is 4. The molecule has 2 amide bonds. The predicted molar refractivity (Wildman–Crippen MR) is 574 cm³/mol. The van der Waals surface area contributed by atoms with Gasteiger partial charge in [0.05, 0.1) is 161 Å². The summed E-state index contributed by atoms with van der Waals surface area (Å²) < 4.78 is 94.9. The number of methoxy groups -OCH3 is 2. The Bertz CT molecular complexity index is 4530. The smallest absolute Gasteiger partial charge is 0.330 e. The van der Waals surface area contributed by atoms with Crippen LogP contribution in [-0.4, -0.2) is 268 Å². The highest BCUT2D eigenvalue weighted by atomic mass is 16.6. The van der Waals surface area contributed by atoms with E-state index in [1.54, 1.807) is 26.4 Å². The Labute approximate surface area is 881 Å². The summed E-state index contributed by atoms with van der Waals surface area (Å²) in [7, 11) is 3.25. The lowest BCUT2D eigenvalue weighted by molar-refractivity contribution is -0.149. The van der Waals surface area contributed by atoms with Gasteiger partial charge in [-0.2, -0.15) is 0 Å². The minimum Gasteiger partial charge on any atom is -0.459 e. The molecule has 16 aliphatic rings. The lowest BCUT2D eigenvalue weighted by Gasteiger charge is -2.28. The number of hydrogen-bond donors (Lipinski definition) is 6. The lowest BCUT2D eigenvalue weighted by Crippen LogP contribution is -2.44. The number of esters is 2. The van der Waals surface area contributed by atoms with Crippen molar-refractivity contribution in [1.29, 1.82) is 0 Å². The molecule has 0 unspecified atom stereocenters. The summed E-state index contributed by atoms with van der Waals surface area (Å²) >= 11 is 0. The molecule has 148 heavy (non-hydrogen) atoms. The topological polar surface area (TPSA) is 334 Å². The number of ether oxygens (including phenoxy) is 16. The van der Waals surface area contributed by atoms with Crippen molar-refractivity contribution in [1.82, 2.24) is 10.6 Å². The summed E-state index contributed by atoms with van der Waals surface area (Å²) in [5.41, 5.74) is 9.40. The molecule has 26 heteroatoms. The van der Waals surface area contributed by atoms with Crippen LogP contribution in [-0.2, 0) is 95.0 Å². The van der Waals surface area contributed by atoms with Gasteiger partial charge in [-0.1, -0.05) is 244 Å². The number of aliphatic hydroxyl groups is 4. The van der Waals surface area contributed by atoms with Gasteiger partial charge in [0.25, 0.3) is 0 Å². The van der Waals surface area contributed by atoms with E-state index < -0.39 is 42.6 Å². The fourth-order valence-electron chi connectivity index (χ4n) is 22.5. The SMILES string of the molecule is C=C1C[C@H](C)C[C@@H]2CC=C[C@@H](C/C=C\C(=O)N[C@H](C/C=C/[C@@H]3CC(C)=CCO3)C[C@@H]3O[C@H]3[C@@H](O)C1)O2.C=C1C[C@H](C)C[C@@H]2CC=C[C@@H](C/C=C\C(=O)N[C@H]([C@H](/C=C/[C@@H]3CC(C)=CCO3)OC)C[C@@H]3O[C@H]3[C@@H](O)C1)O2.C=C1C[C@H](C)C[C@@H]2CC=C[C@@H](C/C=C\C(=O)O[C@H](C/C=C/[C@@H]3CC(C)=CCO3)C[C@@H]3O[C@H]3[C@@H](O)C1)O2.C=C1C[C@H](C)C[C@@H]2CC=C[C@@H](C/C=C\C(=O)O[C@H]([C@H](/C=C/[C@@H]3CC(C)=CCO3)OC)C[C@@H]3O[C@H]3[C@@H](O)C1)O2. The van der Waals surface area contributed by atoms with Gasteiger partial charge in [-0.3, -0.25) is 9.59 Å². The summed E-state index contributed by atoms with van der Waals surface area (Å²) in [6, 6.07) is -0.411. The maximum absolute atomic E-state index is 12.9. The van der Waals surface area contributed by atoms with E-state index in [0.29, 0.717) is 140 Å². The first-order chi connectivity index (χ1) is 71.3. The van der Waals surface area contributed by atoms with Crippen LogP contribution in [0.2, 0.25) is 0 Å². The van der Waals surface area contributed by atoms with E-state index in [0.717, 1.165) is 125 Å². The third-order valence-electron chi connectivity index (χ3n) is 30.3. The highest BCUT2D eigenvalue weighted by molar-refractivity contribution is 5.88. The molecule has 0 aromatic carbocycles. The number of cyclic esters (lactones) is 2. The molecule has 816 valence electrons. The van der Waals surface area contributed by atoms with Gasteiger partial charge >= 0.3 is 11.9 Å². The van der Waals surface area contributed by atoms with Gasteiger partial charge in [0, 0.05) is 51.7 Å². The van der Waals surface area contributed by atoms with Crippen LogP contribution in [0.3, 0.4) is 0 Å². The van der Waals surface area contributed by atoms with E-state index in [9.17, 15) is 39.6 Å². The van der Waals surface area contributed by atoms with Crippen LogP contribution in [0.1, 0.15) is 248 Å². The third kappa shape index (κ3) is 41.4. The van der Waals surface area contributed by atoms with Crippen LogP contribution >= 0.6 is 0 Å². The molecule has 0 radical (unpaired) electrons. The Morgan fingerprint density at radius 2 is 0.682 bits per heavy atom. The molecule has 16 aliphatic heterocycles. The van der Waals surface area contributed by atoms with Crippen LogP contribution in [0.15, 0.2) is 241 Å². The van der Waals surface area contributed by atoms with E-state index in [2.05, 4.69) is 183 Å². The predicted octanol–water partition coefficient (Wildman–Crippen LogP) is 18.9. The minimum absolute atomic E-state index is 0.00346. The third-order valence-corrected chi connectivity index (χ3v) is 30.3. The first-order valence-electron chi connectivity index (χ1n) is 55.1. The molecular formula is C122H174N2O24. The molecule has 16 heterocycles. The summed E-state index contributed by atoms with van der Waals surface area (Å²) in [5, 5.41) is 49.5. The van der Waals surface area contributed by atoms with Crippen LogP contribution in [0.25, 0.3) is 0 Å². The Balaban J connectivity index is 0.000000165. The molecule has 4 saturated heterocycles. The molecule has 34 atom stereocenters. The zero-order valence-corrected chi connectivity index (χ0v) is 89.6. The summed E-state index contributed by atoms with van der Waals surface area (Å²) in [4.78, 5) is 51.1. The molecule has 8 bridgehead atoms. The number of hydrogen-bond acceptors (Lipinski definition) is 24. The Morgan fingerprint density at radius 3 is 1.05 bits per heavy atom. The Kier molecular flexibility index (Phi) is 47.4. The van der Waals surface area contributed by atoms with Crippen LogP contribution in [0, 0.1) is 23.7 Å². The second kappa shape index (κ2) is 60.0. The van der Waals surface area contributed by atoms with Crippen molar-refractivity contribution in [3.63, 3.8) is 0 Å². The van der Waals surface area contributed by atoms with Gasteiger partial charge in [-0.05, 0) is 237 Å². The van der Waals surface area contributed by atoms with Crippen molar-refractivity contribution in [2.45, 2.75) is 431 Å². The lowest BCUT2D eigenvalue weighted by atomic mass is 9.90. The normalized spacial score (nSPS) is 39.2. The molecule has 0 spiro atoms. The van der Waals surface area contributed by atoms with E-state index in [1.807, 2.05) is 54.7 Å². The first-order valence-corrected chi connectivity index (χ1v) is 55.1. The Morgan fingerprint density at radius 1 is 0.358 bits per heavy atom. The molecule has 0 aromatic heterocycles. The highest BCUT2D eigenvalue weighted by Crippen LogP contribution is 2.42. The van der Waals surface area contributed by atoms with E-state index in [-0.39, 0.29) is 164 Å². The fraction of sp³-hybridized carbons (Fsp3) is 0.639. The number of carbonyl (C=O) groups excluding carboxylic acids is 4. The monoisotopic (exact) mass is 2050 g/mol. The van der Waals surface area contributed by atoms with Crippen molar-refractivity contribution in [2.75, 3.05) is 40.6 Å². The zero-order chi connectivity index (χ0) is 105. The summed E-state index contributed by atoms with van der Waals surface area (Å²) in [6.07, 6.45) is 72.4. The Hall–Kier alpha value is -8.04. The van der Waals surface area contributed by atoms with E-state index in [4.69, 9.17) is 75.8 Å². The molecule has 6 N–H and O–H groups in total. The maximum Gasteiger partial charge on any atom is 0.330 e. The standard InChI is InChI=1S/C31H45NO6.C31H44O7.C30H43NO5.C30H42O6/c1-20-13-14-36-24(16-20)11-12-28(35-4)26-19-29-31(38-29)27(33)18-22(3)15-21(2)17-25-9-5-7-23(37-25)8-6-10-30(34)32-26;1-20-13-14-35-24(16-20)11-12-27(34-4)28-19-29-31(38-29)26(32)18-22(3)15-21(2)17-25-9-5-7-23(36-25)8-6-10-30(33)37-28;1-20-13-14-34-25(16-20)10-4-7-23-19-28-30(36-28)27(32)18-22(3)15-21(2)17-26-11-5-8-24(35-26)9-6-12-29(33)31-23;1-20-13-14-33-24(16-20)9-5-11-26-19-28-30(36-28)27(31)18-22(3)15-21(2)17-25-10-4-7-23(34-25)8-6-12-29(32)35-26/h5-7,10-13,21,23-29,31,33H,3,8-9,14-19H2,1-2,4H3,(H,32,34);5-7,10-13,21,23-29,31-32H,3,8-9,14-19H2,1-2,4H3;4-6,8,10,12-13,21,23-28,30,32H,3,7,9,11,14-19H2,1-2H3,(H,31,33);4-7,9,12-13,21,23-28,30-31H,3,8,10-11,14-19H2,1-2H3/b2*10-6-,12-11+;10-4+,12-6-;9-5+,12-6-/t2*21-,23-,24+,25-,26-,27-,28-,29-,31-;21-,23+,24-,25+,26-,27-,28-,30-;21-,23-,24+,25-,26+,27-,28-,30-/m0000/s1. The molecule has 26 nitrogen and oxygen atoms in total. The van der Waals surface area contributed by atoms with Crippen LogP contribution in [0.5, 0.6) is 0 Å². The summed E-state index contributed by atoms with van der Waals surface area (Å²) in [5.74, 6) is 0.571. The van der Waals surface area contributed by atoms with Crippen molar-refractivity contribution in [3.8, 4) is 0 Å². The van der Waals surface area contributed by atoms with Gasteiger partial charge in [0.1, 0.15) is 42.7 Å². The average molecular weight is 2050 g/mol. The van der Waals surface area contributed by atoms with Gasteiger partial charge in [-0.25, -0.2) is 9.59 Å². The van der Waals surface area contributed by atoms with E-state index in [1.165, 1.54) is 34.4 Å². The minimum atomic E-state index is -0.644. The molecule has 0 saturated carbocycles. The van der Waals surface area contributed by atoms with Crippen molar-refractivity contribution in [3.05, 3.63) is 241 Å². The second-order valence-electron chi connectivity index (χ2n) is 44.5. The quantitative estimate of drug-likeness (QED) is 0.0534. The molecular weight excluding hydrogens is 1880 g/mol. The first kappa shape index (κ1) is 117. The fourth-order valence-corrected chi connectivity index (χ4v) is 22.5. The van der Waals surface area contributed by atoms with Gasteiger partial charge in [0.2, 0.25) is 11.8 Å². The number of carbonyl (C=O) groups is 4. The molecule has 0 aromatic rings. The zero-order valence-electron chi connectivity index (χ0n) is 89.6.